The van der Waals surface area contributed by atoms with Gasteiger partial charge in [0.05, 0.1) is 5.41 Å². The van der Waals surface area contributed by atoms with Crippen molar-refractivity contribution in [1.82, 2.24) is 0 Å². The fourth-order valence-electron chi connectivity index (χ4n) is 2.46. The number of rotatable bonds is 5. The lowest BCUT2D eigenvalue weighted by atomic mass is 9.76. The normalized spacial score (nSPS) is 26.5. The predicted octanol–water partition coefficient (Wildman–Crippen LogP) is 4.10. The highest BCUT2D eigenvalue weighted by molar-refractivity contribution is 6.51. The summed E-state index contributed by atoms with van der Waals surface area (Å²) in [5.41, 5.74) is -0.853. The van der Waals surface area contributed by atoms with Crippen LogP contribution in [0.1, 0.15) is 47.0 Å². The Morgan fingerprint density at radius 3 is 1.88 bits per heavy atom. The average Bonchev–Trinajstić information content (AvgIpc) is 2.55. The van der Waals surface area contributed by atoms with Crippen LogP contribution in [0.4, 0.5) is 0 Å². The van der Waals surface area contributed by atoms with Crippen molar-refractivity contribution in [3.8, 4) is 0 Å². The number of carboxylic acids is 1. The Morgan fingerprint density at radius 1 is 1.31 bits per heavy atom. The Morgan fingerprint density at radius 2 is 1.69 bits per heavy atom. The van der Waals surface area contributed by atoms with Gasteiger partial charge in [0.2, 0.25) is 0 Å². The van der Waals surface area contributed by atoms with Crippen molar-refractivity contribution in [3.63, 3.8) is 0 Å². The zero-order chi connectivity index (χ0) is 12.8. The molecule has 1 aliphatic rings. The van der Waals surface area contributed by atoms with E-state index in [0.29, 0.717) is 19.3 Å². The zero-order valence-electron chi connectivity index (χ0n) is 10.3. The highest BCUT2D eigenvalue weighted by atomic mass is 35.5. The molecule has 0 spiro atoms. The lowest BCUT2D eigenvalue weighted by Crippen LogP contribution is -2.31. The van der Waals surface area contributed by atoms with Crippen LogP contribution in [0.3, 0.4) is 0 Å². The van der Waals surface area contributed by atoms with Crippen LogP contribution < -0.4 is 0 Å². The molecule has 0 bridgehead atoms. The molecule has 1 aliphatic carbocycles. The minimum atomic E-state index is -0.766. The maximum Gasteiger partial charge on any atom is 0.309 e. The van der Waals surface area contributed by atoms with E-state index < -0.39 is 15.7 Å². The first-order chi connectivity index (χ1) is 7.15. The van der Waals surface area contributed by atoms with Crippen molar-refractivity contribution in [1.29, 1.82) is 0 Å². The van der Waals surface area contributed by atoms with Gasteiger partial charge in [0.1, 0.15) is 4.33 Å². The third-order valence-corrected chi connectivity index (χ3v) is 5.99. The maximum atomic E-state index is 11.4. The summed E-state index contributed by atoms with van der Waals surface area (Å²) in [6, 6.07) is 0. The minimum absolute atomic E-state index is 0.0688. The summed E-state index contributed by atoms with van der Waals surface area (Å²) in [4.78, 5) is 11.4. The van der Waals surface area contributed by atoms with Crippen LogP contribution in [0.25, 0.3) is 0 Å². The molecule has 94 valence electrons. The van der Waals surface area contributed by atoms with Crippen LogP contribution in [-0.2, 0) is 4.79 Å². The Balaban J connectivity index is 2.85. The van der Waals surface area contributed by atoms with Gasteiger partial charge in [-0.3, -0.25) is 4.79 Å². The number of carbonyl (C=O) groups is 1. The minimum Gasteiger partial charge on any atom is -0.481 e. The van der Waals surface area contributed by atoms with Gasteiger partial charge in [-0.15, -0.1) is 23.2 Å². The third kappa shape index (κ3) is 1.84. The first kappa shape index (κ1) is 14.1. The van der Waals surface area contributed by atoms with Crippen LogP contribution in [-0.4, -0.2) is 15.4 Å². The van der Waals surface area contributed by atoms with Gasteiger partial charge in [-0.2, -0.15) is 0 Å². The van der Waals surface area contributed by atoms with E-state index in [4.69, 9.17) is 23.2 Å². The molecular formula is C12H20Cl2O2. The number of carboxylic acid groups (broad SMARTS) is 1. The smallest absolute Gasteiger partial charge is 0.309 e. The lowest BCUT2D eigenvalue weighted by molar-refractivity contribution is -0.150. The van der Waals surface area contributed by atoms with Crippen molar-refractivity contribution >= 4 is 29.2 Å². The zero-order valence-corrected chi connectivity index (χ0v) is 11.8. The number of alkyl halides is 2. The average molecular weight is 267 g/mol. The van der Waals surface area contributed by atoms with Gasteiger partial charge >= 0.3 is 5.97 Å². The fourth-order valence-corrected chi connectivity index (χ4v) is 3.31. The Labute approximate surface area is 107 Å². The van der Waals surface area contributed by atoms with E-state index in [1.807, 2.05) is 27.7 Å². The van der Waals surface area contributed by atoms with E-state index in [0.717, 1.165) is 0 Å². The van der Waals surface area contributed by atoms with Crippen LogP contribution in [0.5, 0.6) is 0 Å². The van der Waals surface area contributed by atoms with E-state index in [-0.39, 0.29) is 11.3 Å². The molecule has 0 aromatic rings. The SMILES string of the molecule is CCC(CC)(CC1C(C)(C)C1(Cl)Cl)C(=O)O. The molecule has 4 heteroatoms. The first-order valence-corrected chi connectivity index (χ1v) is 6.52. The van der Waals surface area contributed by atoms with E-state index in [2.05, 4.69) is 0 Å². The van der Waals surface area contributed by atoms with Gasteiger partial charge in [-0.05, 0) is 19.3 Å². The molecule has 0 saturated heterocycles. The molecule has 0 radical (unpaired) electrons. The predicted molar refractivity (Wildman–Crippen MR) is 67.0 cm³/mol. The van der Waals surface area contributed by atoms with Crippen LogP contribution >= 0.6 is 23.2 Å². The second-order valence-corrected chi connectivity index (χ2v) is 6.78. The second-order valence-electron chi connectivity index (χ2n) is 5.39. The van der Waals surface area contributed by atoms with Gasteiger partial charge in [0, 0.05) is 11.3 Å². The molecule has 0 aliphatic heterocycles. The molecule has 0 amide bonds. The van der Waals surface area contributed by atoms with Gasteiger partial charge in [0.15, 0.2) is 0 Å². The summed E-state index contributed by atoms with van der Waals surface area (Å²) in [7, 11) is 0. The molecule has 0 aromatic heterocycles. The standard InChI is InChI=1S/C12H20Cl2O2/c1-5-11(6-2,9(15)16)7-8-10(3,4)12(8,13)14/h8H,5-7H2,1-4H3,(H,15,16). The fraction of sp³-hybridized carbons (Fsp3) is 0.917. The van der Waals surface area contributed by atoms with Crippen molar-refractivity contribution in [2.45, 2.75) is 51.3 Å². The van der Waals surface area contributed by atoms with E-state index >= 15 is 0 Å². The van der Waals surface area contributed by atoms with Gasteiger partial charge in [0.25, 0.3) is 0 Å². The number of hydrogen-bond acceptors (Lipinski definition) is 1. The van der Waals surface area contributed by atoms with E-state index in [9.17, 15) is 9.90 Å². The molecule has 2 nitrogen and oxygen atoms in total. The van der Waals surface area contributed by atoms with Gasteiger partial charge < -0.3 is 5.11 Å². The second kappa shape index (κ2) is 4.06. The summed E-state index contributed by atoms with van der Waals surface area (Å²) in [6.45, 7) is 7.82. The molecule has 1 fully saturated rings. The Kier molecular flexibility index (Phi) is 3.58. The van der Waals surface area contributed by atoms with Crippen LogP contribution in [0.2, 0.25) is 0 Å². The summed E-state index contributed by atoms with van der Waals surface area (Å²) >= 11 is 12.4. The molecule has 1 atom stereocenters. The molecule has 1 rings (SSSR count). The summed E-state index contributed by atoms with van der Waals surface area (Å²) < 4.78 is -0.766. The van der Waals surface area contributed by atoms with E-state index in [1.54, 1.807) is 0 Å². The highest BCUT2D eigenvalue weighted by Gasteiger charge is 2.71. The van der Waals surface area contributed by atoms with Crippen LogP contribution in [0.15, 0.2) is 0 Å². The molecule has 16 heavy (non-hydrogen) atoms. The summed E-state index contributed by atoms with van der Waals surface area (Å²) in [6.07, 6.45) is 1.81. The van der Waals surface area contributed by atoms with E-state index in [1.165, 1.54) is 0 Å². The van der Waals surface area contributed by atoms with Gasteiger partial charge in [-0.1, -0.05) is 27.7 Å². The Bertz CT molecular complexity index is 279. The van der Waals surface area contributed by atoms with Crippen LogP contribution in [0, 0.1) is 16.7 Å². The number of halogens is 2. The largest absolute Gasteiger partial charge is 0.481 e. The Hall–Kier alpha value is 0.0500. The number of hydrogen-bond donors (Lipinski definition) is 1. The molecular weight excluding hydrogens is 247 g/mol. The summed E-state index contributed by atoms with van der Waals surface area (Å²) in [5.74, 6) is -0.663. The highest BCUT2D eigenvalue weighted by Crippen LogP contribution is 2.71. The van der Waals surface area contributed by atoms with Crippen molar-refractivity contribution in [2.75, 3.05) is 0 Å². The monoisotopic (exact) mass is 266 g/mol. The first-order valence-electron chi connectivity index (χ1n) is 5.77. The molecule has 1 unspecified atom stereocenters. The molecule has 0 heterocycles. The molecule has 1 N–H and O–H groups in total. The van der Waals surface area contributed by atoms with Gasteiger partial charge in [-0.25, -0.2) is 0 Å². The quantitative estimate of drug-likeness (QED) is 0.761. The third-order valence-electron chi connectivity index (χ3n) is 4.49. The molecule has 0 aromatic carbocycles. The van der Waals surface area contributed by atoms with Crippen molar-refractivity contribution in [2.24, 2.45) is 16.7 Å². The lowest BCUT2D eigenvalue weighted by Gasteiger charge is -2.27. The maximum absolute atomic E-state index is 11.4. The molecule has 1 saturated carbocycles. The summed E-state index contributed by atoms with van der Waals surface area (Å²) in [5, 5.41) is 9.35. The van der Waals surface area contributed by atoms with Crippen molar-refractivity contribution in [3.05, 3.63) is 0 Å². The topological polar surface area (TPSA) is 37.3 Å². The number of aliphatic carboxylic acids is 1. The van der Waals surface area contributed by atoms with Crippen molar-refractivity contribution < 1.29 is 9.90 Å².